The van der Waals surface area contributed by atoms with Gasteiger partial charge in [0.2, 0.25) is 5.91 Å². The Morgan fingerprint density at radius 2 is 2.04 bits per heavy atom. The fourth-order valence-electron chi connectivity index (χ4n) is 3.09. The van der Waals surface area contributed by atoms with Crippen molar-refractivity contribution in [2.24, 2.45) is 10.9 Å². The van der Waals surface area contributed by atoms with E-state index in [1.54, 1.807) is 0 Å². The van der Waals surface area contributed by atoms with Crippen molar-refractivity contribution in [3.63, 3.8) is 0 Å². The zero-order chi connectivity index (χ0) is 18.1. The van der Waals surface area contributed by atoms with Gasteiger partial charge in [-0.15, -0.1) is 24.0 Å². The van der Waals surface area contributed by atoms with Crippen LogP contribution in [0.3, 0.4) is 0 Å². The standard InChI is InChI=1S/C20H32N4O.HI/c1-4-21-20(22-12-8-7-9-15(2)3)23-14-16-13-19(25)24-18-11-6-5-10-17(16)18;/h5-6,10-11,15-16H,4,7-9,12-14H2,1-3H3,(H,24,25)(H2,21,22,23);1H. The highest BCUT2D eigenvalue weighted by Crippen LogP contribution is 2.31. The second-order valence-electron chi connectivity index (χ2n) is 7.07. The van der Waals surface area contributed by atoms with Crippen molar-refractivity contribution in [3.05, 3.63) is 29.8 Å². The summed E-state index contributed by atoms with van der Waals surface area (Å²) in [6.45, 7) is 8.97. The molecule has 26 heavy (non-hydrogen) atoms. The summed E-state index contributed by atoms with van der Waals surface area (Å²) in [6, 6.07) is 8.02. The molecule has 2 rings (SSSR count). The largest absolute Gasteiger partial charge is 0.357 e. The Morgan fingerprint density at radius 3 is 2.77 bits per heavy atom. The molecular weight excluding hydrogens is 439 g/mol. The number of fused-ring (bicyclic) bond motifs is 1. The van der Waals surface area contributed by atoms with Gasteiger partial charge in [0.15, 0.2) is 5.96 Å². The zero-order valence-electron chi connectivity index (χ0n) is 16.2. The Hall–Kier alpha value is -1.31. The SMILES string of the molecule is CCNC(=NCC1CC(=O)Nc2ccccc21)NCCCCC(C)C.I. The molecule has 0 saturated carbocycles. The number of halogens is 1. The lowest BCUT2D eigenvalue weighted by Crippen LogP contribution is -2.38. The number of nitrogens with zero attached hydrogens (tertiary/aromatic N) is 1. The molecule has 1 aromatic rings. The van der Waals surface area contributed by atoms with Crippen LogP contribution >= 0.6 is 24.0 Å². The summed E-state index contributed by atoms with van der Waals surface area (Å²) < 4.78 is 0. The second-order valence-corrected chi connectivity index (χ2v) is 7.07. The molecule has 1 unspecified atom stereocenters. The topological polar surface area (TPSA) is 65.5 Å². The number of guanidine groups is 1. The van der Waals surface area contributed by atoms with Gasteiger partial charge in [0, 0.05) is 31.1 Å². The first kappa shape index (κ1) is 22.7. The fourth-order valence-corrected chi connectivity index (χ4v) is 3.09. The average Bonchev–Trinajstić information content (AvgIpc) is 2.58. The van der Waals surface area contributed by atoms with Crippen molar-refractivity contribution in [2.45, 2.75) is 52.4 Å². The van der Waals surface area contributed by atoms with Crippen molar-refractivity contribution in [1.29, 1.82) is 0 Å². The highest BCUT2D eigenvalue weighted by atomic mass is 127. The summed E-state index contributed by atoms with van der Waals surface area (Å²) in [5, 5.41) is 9.64. The quantitative estimate of drug-likeness (QED) is 0.231. The first-order chi connectivity index (χ1) is 12.1. The number of rotatable bonds is 8. The van der Waals surface area contributed by atoms with Crippen LogP contribution in [-0.2, 0) is 4.79 Å². The minimum Gasteiger partial charge on any atom is -0.357 e. The van der Waals surface area contributed by atoms with E-state index in [1.165, 1.54) is 18.4 Å². The normalized spacial score (nSPS) is 16.5. The summed E-state index contributed by atoms with van der Waals surface area (Å²) >= 11 is 0. The molecular formula is C20H33IN4O. The number of hydrogen-bond acceptors (Lipinski definition) is 2. The molecule has 5 nitrogen and oxygen atoms in total. The van der Waals surface area contributed by atoms with Gasteiger partial charge in [-0.2, -0.15) is 0 Å². The van der Waals surface area contributed by atoms with Gasteiger partial charge in [0.1, 0.15) is 0 Å². The molecule has 0 saturated heterocycles. The molecule has 0 aromatic heterocycles. The monoisotopic (exact) mass is 472 g/mol. The lowest BCUT2D eigenvalue weighted by Gasteiger charge is -2.24. The first-order valence-electron chi connectivity index (χ1n) is 9.51. The van der Waals surface area contributed by atoms with Gasteiger partial charge in [-0.25, -0.2) is 0 Å². The van der Waals surface area contributed by atoms with Crippen LogP contribution in [-0.4, -0.2) is 31.5 Å². The number of hydrogen-bond donors (Lipinski definition) is 3. The number of carbonyl (C=O) groups is 1. The molecule has 1 atom stereocenters. The Labute approximate surface area is 174 Å². The highest BCUT2D eigenvalue weighted by molar-refractivity contribution is 14.0. The van der Waals surface area contributed by atoms with Crippen molar-refractivity contribution < 1.29 is 4.79 Å². The molecule has 1 amide bonds. The van der Waals surface area contributed by atoms with E-state index in [-0.39, 0.29) is 35.8 Å². The van der Waals surface area contributed by atoms with Crippen LogP contribution in [0.25, 0.3) is 0 Å². The van der Waals surface area contributed by atoms with Gasteiger partial charge >= 0.3 is 0 Å². The smallest absolute Gasteiger partial charge is 0.225 e. The van der Waals surface area contributed by atoms with E-state index in [4.69, 9.17) is 4.99 Å². The first-order valence-corrected chi connectivity index (χ1v) is 9.51. The van der Waals surface area contributed by atoms with Crippen LogP contribution in [0.4, 0.5) is 5.69 Å². The third-order valence-corrected chi connectivity index (χ3v) is 4.42. The maximum atomic E-state index is 11.9. The van der Waals surface area contributed by atoms with Gasteiger partial charge < -0.3 is 16.0 Å². The number of para-hydroxylation sites is 1. The maximum absolute atomic E-state index is 11.9. The summed E-state index contributed by atoms with van der Waals surface area (Å²) in [5.74, 6) is 1.82. The Balaban J connectivity index is 0.00000338. The van der Waals surface area contributed by atoms with E-state index < -0.39 is 0 Å². The third kappa shape index (κ3) is 7.51. The van der Waals surface area contributed by atoms with Gasteiger partial charge in [0.05, 0.1) is 6.54 Å². The summed E-state index contributed by atoms with van der Waals surface area (Å²) in [7, 11) is 0. The molecule has 0 aliphatic carbocycles. The van der Waals surface area contributed by atoms with E-state index in [0.717, 1.165) is 37.1 Å². The van der Waals surface area contributed by atoms with Gasteiger partial charge in [-0.1, -0.05) is 44.9 Å². The van der Waals surface area contributed by atoms with Crippen molar-refractivity contribution in [3.8, 4) is 0 Å². The Bertz CT molecular complexity index is 589. The van der Waals surface area contributed by atoms with E-state index in [2.05, 4.69) is 42.8 Å². The Kier molecular flexibility index (Phi) is 10.6. The molecule has 1 aromatic carbocycles. The summed E-state index contributed by atoms with van der Waals surface area (Å²) in [6.07, 6.45) is 4.15. The van der Waals surface area contributed by atoms with Crippen LogP contribution < -0.4 is 16.0 Å². The van der Waals surface area contributed by atoms with Crippen molar-refractivity contribution in [1.82, 2.24) is 10.6 Å². The lowest BCUT2D eigenvalue weighted by atomic mass is 9.91. The fraction of sp³-hybridized carbons (Fsp3) is 0.600. The predicted molar refractivity (Wildman–Crippen MR) is 121 cm³/mol. The average molecular weight is 472 g/mol. The molecule has 0 spiro atoms. The summed E-state index contributed by atoms with van der Waals surface area (Å²) in [5.41, 5.74) is 2.10. The minimum absolute atomic E-state index is 0. The second kappa shape index (κ2) is 12.1. The van der Waals surface area contributed by atoms with Gasteiger partial charge in [-0.3, -0.25) is 9.79 Å². The molecule has 1 aliphatic heterocycles. The van der Waals surface area contributed by atoms with Gasteiger partial charge in [0.25, 0.3) is 0 Å². The highest BCUT2D eigenvalue weighted by Gasteiger charge is 2.24. The van der Waals surface area contributed by atoms with E-state index in [1.807, 2.05) is 18.2 Å². The summed E-state index contributed by atoms with van der Waals surface area (Å²) in [4.78, 5) is 16.6. The number of amides is 1. The molecule has 1 heterocycles. The van der Waals surface area contributed by atoms with E-state index in [9.17, 15) is 4.79 Å². The number of aliphatic imine (C=N–C) groups is 1. The van der Waals surface area contributed by atoms with Crippen molar-refractivity contribution in [2.75, 3.05) is 25.0 Å². The maximum Gasteiger partial charge on any atom is 0.225 e. The molecule has 1 aliphatic rings. The third-order valence-electron chi connectivity index (χ3n) is 4.42. The molecule has 0 bridgehead atoms. The number of anilines is 1. The molecule has 3 N–H and O–H groups in total. The minimum atomic E-state index is 0. The molecule has 6 heteroatoms. The molecule has 0 radical (unpaired) electrons. The predicted octanol–water partition coefficient (Wildman–Crippen LogP) is 4.11. The Morgan fingerprint density at radius 1 is 1.27 bits per heavy atom. The van der Waals surface area contributed by atoms with Crippen molar-refractivity contribution >= 4 is 41.5 Å². The van der Waals surface area contributed by atoms with E-state index in [0.29, 0.717) is 13.0 Å². The molecule has 146 valence electrons. The number of benzene rings is 1. The van der Waals surface area contributed by atoms with Crippen LogP contribution in [0.1, 0.15) is 57.9 Å². The van der Waals surface area contributed by atoms with E-state index >= 15 is 0 Å². The molecule has 0 fully saturated rings. The van der Waals surface area contributed by atoms with Crippen LogP contribution in [0.5, 0.6) is 0 Å². The lowest BCUT2D eigenvalue weighted by molar-refractivity contribution is -0.116. The van der Waals surface area contributed by atoms with Crippen LogP contribution in [0.15, 0.2) is 29.3 Å². The number of nitrogens with one attached hydrogen (secondary N) is 3. The van der Waals surface area contributed by atoms with Crippen LogP contribution in [0, 0.1) is 5.92 Å². The number of unbranched alkanes of at least 4 members (excludes halogenated alkanes) is 1. The number of carbonyl (C=O) groups excluding carboxylic acids is 1. The zero-order valence-corrected chi connectivity index (χ0v) is 18.5. The van der Waals surface area contributed by atoms with Crippen LogP contribution in [0.2, 0.25) is 0 Å². The van der Waals surface area contributed by atoms with Gasteiger partial charge in [-0.05, 0) is 30.9 Å².